The summed E-state index contributed by atoms with van der Waals surface area (Å²) in [6, 6.07) is 5.84. The lowest BCUT2D eigenvalue weighted by Gasteiger charge is -2.20. The van der Waals surface area contributed by atoms with Crippen molar-refractivity contribution < 1.29 is 17.9 Å². The van der Waals surface area contributed by atoms with E-state index in [1.807, 2.05) is 13.8 Å². The Morgan fingerprint density at radius 1 is 1.20 bits per heavy atom. The van der Waals surface area contributed by atoms with Gasteiger partial charge in [0.05, 0.1) is 0 Å². The fraction of sp³-hybridized carbons (Fsp3) is 0.462. The number of halogens is 3. The zero-order chi connectivity index (χ0) is 15.2. The van der Waals surface area contributed by atoms with Gasteiger partial charge in [0, 0.05) is 18.8 Å². The first-order chi connectivity index (χ1) is 9.35. The molecule has 0 N–H and O–H groups in total. The second-order valence-electron chi connectivity index (χ2n) is 3.92. The summed E-state index contributed by atoms with van der Waals surface area (Å²) in [6.45, 7) is 5.75. The van der Waals surface area contributed by atoms with Crippen molar-refractivity contribution >= 4 is 28.3 Å². The smallest absolute Gasteiger partial charge is 0.406 e. The maximum Gasteiger partial charge on any atom is 0.573 e. The number of rotatable bonds is 5. The Kier molecular flexibility index (Phi) is 6.61. The molecule has 0 aliphatic heterocycles. The molecule has 2 nitrogen and oxygen atoms in total. The molecule has 1 rings (SSSR count). The van der Waals surface area contributed by atoms with Gasteiger partial charge in [0.25, 0.3) is 0 Å². The van der Waals surface area contributed by atoms with E-state index in [9.17, 15) is 13.2 Å². The third kappa shape index (κ3) is 6.00. The lowest BCUT2D eigenvalue weighted by atomic mass is 10.2. The van der Waals surface area contributed by atoms with E-state index in [1.165, 1.54) is 23.9 Å². The summed E-state index contributed by atoms with van der Waals surface area (Å²) in [6.07, 6.45) is -4.65. The molecule has 0 bridgehead atoms. The van der Waals surface area contributed by atoms with E-state index >= 15 is 0 Å². The van der Waals surface area contributed by atoms with Gasteiger partial charge in [-0.25, -0.2) is 0 Å². The minimum absolute atomic E-state index is 0.211. The monoisotopic (exact) mass is 323 g/mol. The van der Waals surface area contributed by atoms with E-state index in [4.69, 9.17) is 12.2 Å². The Bertz CT molecular complexity index is 430. The second kappa shape index (κ2) is 7.73. The molecule has 112 valence electrons. The van der Waals surface area contributed by atoms with Crippen molar-refractivity contribution in [2.24, 2.45) is 0 Å². The molecule has 0 atom stereocenters. The first kappa shape index (κ1) is 17.1. The Balaban J connectivity index is 2.52. The van der Waals surface area contributed by atoms with Crippen molar-refractivity contribution in [2.75, 3.05) is 13.1 Å². The van der Waals surface area contributed by atoms with Crippen molar-refractivity contribution in [3.8, 4) is 5.75 Å². The van der Waals surface area contributed by atoms with E-state index in [1.54, 1.807) is 12.1 Å². The van der Waals surface area contributed by atoms with E-state index in [-0.39, 0.29) is 5.75 Å². The van der Waals surface area contributed by atoms with Gasteiger partial charge in [0.2, 0.25) is 0 Å². The molecule has 0 heterocycles. The number of hydrogen-bond donors (Lipinski definition) is 0. The summed E-state index contributed by atoms with van der Waals surface area (Å²) in [5.41, 5.74) is 0.902. The van der Waals surface area contributed by atoms with Gasteiger partial charge < -0.3 is 9.64 Å². The number of nitrogens with zero attached hydrogens (tertiary/aromatic N) is 1. The number of ether oxygens (including phenoxy) is 1. The fourth-order valence-electron chi connectivity index (χ4n) is 1.51. The molecule has 0 unspecified atom stereocenters. The van der Waals surface area contributed by atoms with Crippen LogP contribution in [0.2, 0.25) is 0 Å². The molecule has 0 saturated carbocycles. The van der Waals surface area contributed by atoms with Crippen LogP contribution in [0, 0.1) is 0 Å². The molecule has 0 saturated heterocycles. The van der Waals surface area contributed by atoms with Crippen LogP contribution in [0.5, 0.6) is 5.75 Å². The van der Waals surface area contributed by atoms with E-state index in [0.717, 1.165) is 23.0 Å². The van der Waals surface area contributed by atoms with Gasteiger partial charge in [-0.2, -0.15) is 0 Å². The summed E-state index contributed by atoms with van der Waals surface area (Å²) in [5.74, 6) is 0.416. The van der Waals surface area contributed by atoms with Crippen LogP contribution in [0.3, 0.4) is 0 Å². The average molecular weight is 323 g/mol. The van der Waals surface area contributed by atoms with Gasteiger partial charge in [-0.3, -0.25) is 0 Å². The number of thioether (sulfide) groups is 1. The average Bonchev–Trinajstić information content (AvgIpc) is 2.37. The lowest BCUT2D eigenvalue weighted by molar-refractivity contribution is -0.274. The van der Waals surface area contributed by atoms with Crippen LogP contribution in [0.4, 0.5) is 13.2 Å². The SMILES string of the molecule is CCN(CC)C(=S)SCc1ccc(OC(F)(F)F)cc1. The predicted octanol–water partition coefficient (Wildman–Crippen LogP) is 4.45. The van der Waals surface area contributed by atoms with Gasteiger partial charge in [-0.05, 0) is 31.5 Å². The summed E-state index contributed by atoms with van der Waals surface area (Å²) in [5, 5.41) is 0. The van der Waals surface area contributed by atoms with Crippen molar-refractivity contribution in [1.29, 1.82) is 0 Å². The summed E-state index contributed by atoms with van der Waals surface area (Å²) in [4.78, 5) is 2.06. The lowest BCUT2D eigenvalue weighted by Crippen LogP contribution is -2.26. The maximum absolute atomic E-state index is 12.0. The number of benzene rings is 1. The largest absolute Gasteiger partial charge is 0.573 e. The molecule has 0 fully saturated rings. The molecule has 0 amide bonds. The maximum atomic E-state index is 12.0. The highest BCUT2D eigenvalue weighted by Gasteiger charge is 2.30. The molecule has 0 aliphatic rings. The van der Waals surface area contributed by atoms with Gasteiger partial charge in [-0.15, -0.1) is 13.2 Å². The first-order valence-electron chi connectivity index (χ1n) is 6.12. The van der Waals surface area contributed by atoms with E-state index in [0.29, 0.717) is 5.75 Å². The molecule has 0 radical (unpaired) electrons. The third-order valence-electron chi connectivity index (χ3n) is 2.54. The van der Waals surface area contributed by atoms with Crippen molar-refractivity contribution in [2.45, 2.75) is 26.0 Å². The highest BCUT2D eigenvalue weighted by Crippen LogP contribution is 2.24. The molecule has 20 heavy (non-hydrogen) atoms. The summed E-state index contributed by atoms with van der Waals surface area (Å²) >= 11 is 6.79. The quantitative estimate of drug-likeness (QED) is 0.742. The van der Waals surface area contributed by atoms with Gasteiger partial charge in [0.1, 0.15) is 10.1 Å². The third-order valence-corrected chi connectivity index (χ3v) is 4.14. The van der Waals surface area contributed by atoms with Crippen LogP contribution >= 0.6 is 24.0 Å². The molecule has 0 aromatic heterocycles. The van der Waals surface area contributed by atoms with Gasteiger partial charge >= 0.3 is 6.36 Å². The molecular formula is C13H16F3NOS2. The van der Waals surface area contributed by atoms with Gasteiger partial charge in [-0.1, -0.05) is 36.1 Å². The topological polar surface area (TPSA) is 12.5 Å². The summed E-state index contributed by atoms with van der Waals surface area (Å²) < 4.78 is 40.7. The minimum Gasteiger partial charge on any atom is -0.406 e. The molecule has 0 spiro atoms. The minimum atomic E-state index is -4.65. The zero-order valence-corrected chi connectivity index (χ0v) is 12.9. The van der Waals surface area contributed by atoms with Crippen molar-refractivity contribution in [1.82, 2.24) is 4.90 Å². The molecule has 7 heteroatoms. The van der Waals surface area contributed by atoms with Gasteiger partial charge in [0.15, 0.2) is 0 Å². The van der Waals surface area contributed by atoms with Crippen LogP contribution < -0.4 is 4.74 Å². The highest BCUT2D eigenvalue weighted by molar-refractivity contribution is 8.22. The standard InChI is InChI=1S/C13H16F3NOS2/c1-3-17(4-2)12(19)20-9-10-5-7-11(8-6-10)18-13(14,15)16/h5-8H,3-4,9H2,1-2H3. The summed E-state index contributed by atoms with van der Waals surface area (Å²) in [7, 11) is 0. The molecule has 1 aromatic rings. The van der Waals surface area contributed by atoms with Crippen LogP contribution in [0.1, 0.15) is 19.4 Å². The predicted molar refractivity (Wildman–Crippen MR) is 79.9 cm³/mol. The number of alkyl halides is 3. The van der Waals surface area contributed by atoms with E-state index in [2.05, 4.69) is 9.64 Å². The molecular weight excluding hydrogens is 307 g/mol. The highest BCUT2D eigenvalue weighted by atomic mass is 32.2. The van der Waals surface area contributed by atoms with Crippen LogP contribution in [-0.2, 0) is 5.75 Å². The van der Waals surface area contributed by atoms with Crippen LogP contribution in [0.25, 0.3) is 0 Å². The molecule has 0 aliphatic carbocycles. The van der Waals surface area contributed by atoms with Crippen LogP contribution in [-0.4, -0.2) is 28.7 Å². The Morgan fingerprint density at radius 2 is 1.75 bits per heavy atom. The van der Waals surface area contributed by atoms with E-state index < -0.39 is 6.36 Å². The molecule has 1 aromatic carbocycles. The fourth-order valence-corrected chi connectivity index (χ4v) is 2.86. The zero-order valence-electron chi connectivity index (χ0n) is 11.2. The Morgan fingerprint density at radius 3 is 2.20 bits per heavy atom. The van der Waals surface area contributed by atoms with Crippen LogP contribution in [0.15, 0.2) is 24.3 Å². The first-order valence-corrected chi connectivity index (χ1v) is 7.51. The Labute approximate surface area is 126 Å². The number of thiocarbonyl (C=S) groups is 1. The van der Waals surface area contributed by atoms with Crippen molar-refractivity contribution in [3.63, 3.8) is 0 Å². The normalized spacial score (nSPS) is 11.2. The second-order valence-corrected chi connectivity index (χ2v) is 5.53. The van der Waals surface area contributed by atoms with Crippen molar-refractivity contribution in [3.05, 3.63) is 29.8 Å². The Hall–Kier alpha value is -0.950. The number of hydrogen-bond acceptors (Lipinski definition) is 3.